The zero-order valence-corrected chi connectivity index (χ0v) is 17.8. The van der Waals surface area contributed by atoms with E-state index in [1.165, 1.54) is 12.5 Å². The lowest BCUT2D eigenvalue weighted by Gasteiger charge is -2.13. The summed E-state index contributed by atoms with van der Waals surface area (Å²) >= 11 is 0. The molecule has 0 amide bonds. The van der Waals surface area contributed by atoms with Gasteiger partial charge in [0.2, 0.25) is 0 Å². The Morgan fingerprint density at radius 1 is 1.12 bits per heavy atom. The quantitative estimate of drug-likeness (QED) is 0.305. The molecule has 0 radical (unpaired) electrons. The van der Waals surface area contributed by atoms with E-state index in [1.807, 2.05) is 30.3 Å². The van der Waals surface area contributed by atoms with Gasteiger partial charge in [0.1, 0.15) is 17.6 Å². The fourth-order valence-corrected chi connectivity index (χ4v) is 3.18. The molecule has 0 saturated heterocycles. The summed E-state index contributed by atoms with van der Waals surface area (Å²) in [6.07, 6.45) is -2.87. The van der Waals surface area contributed by atoms with Crippen molar-refractivity contribution in [1.82, 2.24) is 4.98 Å². The van der Waals surface area contributed by atoms with Crippen molar-refractivity contribution in [2.24, 2.45) is 10.2 Å². The van der Waals surface area contributed by atoms with E-state index < -0.39 is 23.2 Å². The maximum absolute atomic E-state index is 13.3. The Morgan fingerprint density at radius 3 is 2.42 bits per heavy atom. The zero-order chi connectivity index (χ0) is 24.2. The van der Waals surface area contributed by atoms with Crippen LogP contribution >= 0.6 is 0 Å². The average Bonchev–Trinajstić information content (AvgIpc) is 2.75. The molecule has 6 nitrogen and oxygen atoms in total. The molecule has 0 atom stereocenters. The first-order valence-corrected chi connectivity index (χ1v) is 9.98. The predicted molar refractivity (Wildman–Crippen MR) is 117 cm³/mol. The highest BCUT2D eigenvalue weighted by Crippen LogP contribution is 2.39. The first-order valence-electron chi connectivity index (χ1n) is 9.98. The standard InChI is InChI=1S/C23H20F4N6/c1-3-4-14-5-8-16(9-6-14)30-22-17(12-28)13(2)20(21(29)31-22)33-32-19-10-7-15(24)11-18(19)23(25,26)27/h5-11H,3-4H2,1-2H3,(H3,29,30,31)/b33-32+. The molecule has 2 aromatic carbocycles. The van der Waals surface area contributed by atoms with E-state index in [-0.39, 0.29) is 28.5 Å². The van der Waals surface area contributed by atoms with Gasteiger partial charge in [-0.25, -0.2) is 9.37 Å². The SMILES string of the molecule is CCCc1ccc(Nc2nc(N)c(/N=N/c3ccc(F)cc3C(F)(F)F)c(C)c2C#N)cc1. The number of nitrogen functional groups attached to an aromatic ring is 1. The molecule has 0 spiro atoms. The van der Waals surface area contributed by atoms with E-state index in [0.29, 0.717) is 11.8 Å². The number of anilines is 3. The van der Waals surface area contributed by atoms with Crippen LogP contribution in [0.15, 0.2) is 52.7 Å². The van der Waals surface area contributed by atoms with Crippen molar-refractivity contribution in [2.75, 3.05) is 11.1 Å². The van der Waals surface area contributed by atoms with Crippen LogP contribution in [0.3, 0.4) is 0 Å². The normalized spacial score (nSPS) is 11.5. The Kier molecular flexibility index (Phi) is 6.92. The minimum Gasteiger partial charge on any atom is -0.382 e. The van der Waals surface area contributed by atoms with E-state index in [1.54, 1.807) is 0 Å². The summed E-state index contributed by atoms with van der Waals surface area (Å²) in [6.45, 7) is 3.62. The molecule has 33 heavy (non-hydrogen) atoms. The summed E-state index contributed by atoms with van der Waals surface area (Å²) in [5.41, 5.74) is 6.33. The molecule has 3 N–H and O–H groups in total. The summed E-state index contributed by atoms with van der Waals surface area (Å²) in [5, 5.41) is 20.1. The number of hydrogen-bond donors (Lipinski definition) is 2. The van der Waals surface area contributed by atoms with Crippen LogP contribution in [0.4, 0.5) is 46.3 Å². The first kappa shape index (κ1) is 23.7. The van der Waals surface area contributed by atoms with Crippen molar-refractivity contribution in [3.63, 3.8) is 0 Å². The third kappa shape index (κ3) is 5.44. The highest BCUT2D eigenvalue weighted by Gasteiger charge is 2.34. The molecule has 10 heteroatoms. The Balaban J connectivity index is 1.97. The fourth-order valence-electron chi connectivity index (χ4n) is 3.18. The van der Waals surface area contributed by atoms with Crippen molar-refractivity contribution in [3.8, 4) is 6.07 Å². The second-order valence-corrected chi connectivity index (χ2v) is 7.24. The number of hydrogen-bond acceptors (Lipinski definition) is 6. The molecule has 0 fully saturated rings. The largest absolute Gasteiger partial charge is 0.418 e. The molecule has 1 aromatic heterocycles. The number of alkyl halides is 3. The second kappa shape index (κ2) is 9.65. The molecule has 0 unspecified atom stereocenters. The number of aryl methyl sites for hydroxylation is 1. The number of rotatable bonds is 6. The maximum atomic E-state index is 13.3. The van der Waals surface area contributed by atoms with Crippen molar-refractivity contribution < 1.29 is 17.6 Å². The fraction of sp³-hybridized carbons (Fsp3) is 0.217. The van der Waals surface area contributed by atoms with Gasteiger partial charge in [0.05, 0.1) is 16.8 Å². The maximum Gasteiger partial charge on any atom is 0.418 e. The van der Waals surface area contributed by atoms with Crippen LogP contribution < -0.4 is 11.1 Å². The minimum atomic E-state index is -4.83. The number of nitrogens with two attached hydrogens (primary N) is 1. The number of pyridine rings is 1. The van der Waals surface area contributed by atoms with Gasteiger partial charge in [0.15, 0.2) is 11.6 Å². The molecule has 0 bridgehead atoms. The van der Waals surface area contributed by atoms with Crippen molar-refractivity contribution in [2.45, 2.75) is 32.9 Å². The van der Waals surface area contributed by atoms with Gasteiger partial charge < -0.3 is 11.1 Å². The van der Waals surface area contributed by atoms with Crippen LogP contribution in [0.1, 0.15) is 35.6 Å². The van der Waals surface area contributed by atoms with Crippen molar-refractivity contribution in [1.29, 1.82) is 5.26 Å². The van der Waals surface area contributed by atoms with Crippen molar-refractivity contribution >= 4 is 28.7 Å². The average molecular weight is 456 g/mol. The molecule has 3 aromatic rings. The van der Waals surface area contributed by atoms with E-state index >= 15 is 0 Å². The van der Waals surface area contributed by atoms with Crippen LogP contribution in [-0.4, -0.2) is 4.98 Å². The van der Waals surface area contributed by atoms with Gasteiger partial charge in [-0.2, -0.15) is 18.4 Å². The third-order valence-corrected chi connectivity index (χ3v) is 4.83. The monoisotopic (exact) mass is 456 g/mol. The van der Waals surface area contributed by atoms with Gasteiger partial charge in [-0.1, -0.05) is 25.5 Å². The molecule has 3 rings (SSSR count). The number of nitrogens with zero attached hydrogens (tertiary/aromatic N) is 4. The van der Waals surface area contributed by atoms with Crippen molar-refractivity contribution in [3.05, 3.63) is 70.5 Å². The van der Waals surface area contributed by atoms with Gasteiger partial charge in [-0.3, -0.25) is 0 Å². The van der Waals surface area contributed by atoms with Gasteiger partial charge in [0, 0.05) is 11.3 Å². The highest BCUT2D eigenvalue weighted by atomic mass is 19.4. The molecule has 0 aliphatic carbocycles. The van der Waals surface area contributed by atoms with E-state index in [0.717, 1.165) is 25.0 Å². The number of benzene rings is 2. The Hall–Kier alpha value is -4.00. The molecule has 0 aliphatic rings. The molecule has 1 heterocycles. The Morgan fingerprint density at radius 2 is 1.82 bits per heavy atom. The highest BCUT2D eigenvalue weighted by molar-refractivity contribution is 5.75. The summed E-state index contributed by atoms with van der Waals surface area (Å²) < 4.78 is 52.9. The van der Waals surface area contributed by atoms with Crippen LogP contribution in [0.25, 0.3) is 0 Å². The summed E-state index contributed by atoms with van der Waals surface area (Å²) in [4.78, 5) is 4.16. The second-order valence-electron chi connectivity index (χ2n) is 7.24. The lowest BCUT2D eigenvalue weighted by Crippen LogP contribution is -2.05. The number of nitriles is 1. The number of azo groups is 1. The van der Waals surface area contributed by atoms with E-state index in [4.69, 9.17) is 5.73 Å². The van der Waals surface area contributed by atoms with Gasteiger partial charge in [0.25, 0.3) is 0 Å². The number of halogens is 4. The molecular weight excluding hydrogens is 436 g/mol. The topological polar surface area (TPSA) is 99.4 Å². The van der Waals surface area contributed by atoms with E-state index in [9.17, 15) is 22.8 Å². The molecule has 0 saturated carbocycles. The third-order valence-electron chi connectivity index (χ3n) is 4.83. The summed E-state index contributed by atoms with van der Waals surface area (Å²) in [5.74, 6) is -0.993. The van der Waals surface area contributed by atoms with Gasteiger partial charge in [-0.15, -0.1) is 10.2 Å². The molecular formula is C23H20F4N6. The molecule has 170 valence electrons. The first-order chi connectivity index (χ1) is 15.6. The van der Waals surface area contributed by atoms with Crippen LogP contribution in [0, 0.1) is 24.1 Å². The number of aromatic nitrogens is 1. The Bertz CT molecular complexity index is 1230. The molecule has 0 aliphatic heterocycles. The lowest BCUT2D eigenvalue weighted by atomic mass is 10.1. The smallest absolute Gasteiger partial charge is 0.382 e. The lowest BCUT2D eigenvalue weighted by molar-refractivity contribution is -0.137. The van der Waals surface area contributed by atoms with Crippen LogP contribution in [0.5, 0.6) is 0 Å². The minimum absolute atomic E-state index is 0.0483. The summed E-state index contributed by atoms with van der Waals surface area (Å²) in [6, 6.07) is 11.7. The van der Waals surface area contributed by atoms with Crippen LogP contribution in [0.2, 0.25) is 0 Å². The van der Waals surface area contributed by atoms with Gasteiger partial charge in [-0.05, 0) is 49.2 Å². The summed E-state index contributed by atoms with van der Waals surface area (Å²) in [7, 11) is 0. The number of nitrogens with one attached hydrogen (secondary N) is 1. The van der Waals surface area contributed by atoms with Crippen LogP contribution in [-0.2, 0) is 12.6 Å². The van der Waals surface area contributed by atoms with E-state index in [2.05, 4.69) is 27.5 Å². The Labute approximate surface area is 187 Å². The van der Waals surface area contributed by atoms with Gasteiger partial charge >= 0.3 is 6.18 Å². The predicted octanol–water partition coefficient (Wildman–Crippen LogP) is 7.11. The zero-order valence-electron chi connectivity index (χ0n) is 17.8.